The number of phosphoric acid groups is 1. The molecule has 72 valence electrons. The normalized spacial score (nSPS) is 15.5. The predicted octanol–water partition coefficient (Wildman–Crippen LogP) is -0.332. The molecule has 7 heteroatoms. The monoisotopic (exact) mass is 197 g/mol. The van der Waals surface area contributed by atoms with Crippen molar-refractivity contribution >= 4 is 14.1 Å². The smallest absolute Gasteiger partial charge is 0.328 e. The lowest BCUT2D eigenvalue weighted by atomic mass is 10.5. The first-order chi connectivity index (χ1) is 5.62. The van der Waals surface area contributed by atoms with Crippen molar-refractivity contribution < 1.29 is 23.3 Å². The molecule has 0 aromatic rings. The second kappa shape index (κ2) is 6.28. The van der Waals surface area contributed by atoms with Crippen LogP contribution in [0.25, 0.3) is 0 Å². The number of rotatable bonds is 7. The van der Waals surface area contributed by atoms with Gasteiger partial charge >= 0.3 is 7.82 Å². The van der Waals surface area contributed by atoms with Gasteiger partial charge in [0.2, 0.25) is 0 Å². The van der Waals surface area contributed by atoms with Gasteiger partial charge < -0.3 is 15.4 Å². The molecule has 0 aromatic heterocycles. The molecule has 1 unspecified atom stereocenters. The van der Waals surface area contributed by atoms with Gasteiger partial charge in [0.1, 0.15) is 6.29 Å². The van der Waals surface area contributed by atoms with Crippen molar-refractivity contribution in [2.24, 2.45) is 5.73 Å². The van der Waals surface area contributed by atoms with Crippen LogP contribution in [0.3, 0.4) is 0 Å². The Morgan fingerprint density at radius 3 is 2.50 bits per heavy atom. The standard InChI is InChI=1S/C5H12NO5P/c6-2-5-11-12(8,9)10-4-1-3-7/h3H,1-2,4-6H2,(H,8,9). The minimum absolute atomic E-state index is 0.0468. The van der Waals surface area contributed by atoms with Gasteiger partial charge in [0.15, 0.2) is 0 Å². The van der Waals surface area contributed by atoms with E-state index in [0.717, 1.165) is 0 Å². The highest BCUT2D eigenvalue weighted by molar-refractivity contribution is 7.47. The van der Waals surface area contributed by atoms with Crippen LogP contribution in [0.5, 0.6) is 0 Å². The van der Waals surface area contributed by atoms with Gasteiger partial charge in [-0.05, 0) is 0 Å². The van der Waals surface area contributed by atoms with Crippen LogP contribution in [0.15, 0.2) is 0 Å². The second-order valence-electron chi connectivity index (χ2n) is 1.88. The Morgan fingerprint density at radius 1 is 1.42 bits per heavy atom. The molecule has 0 amide bonds. The molecular weight excluding hydrogens is 185 g/mol. The lowest BCUT2D eigenvalue weighted by molar-refractivity contribution is -0.108. The van der Waals surface area contributed by atoms with Crippen molar-refractivity contribution in [3.63, 3.8) is 0 Å². The number of hydrogen-bond donors (Lipinski definition) is 2. The summed E-state index contributed by atoms with van der Waals surface area (Å²) in [6.07, 6.45) is 0.652. The van der Waals surface area contributed by atoms with Crippen LogP contribution in [0, 0.1) is 0 Å². The Bertz CT molecular complexity index is 173. The first-order valence-electron chi connectivity index (χ1n) is 3.38. The summed E-state index contributed by atoms with van der Waals surface area (Å²) in [7, 11) is -3.98. The van der Waals surface area contributed by atoms with E-state index in [2.05, 4.69) is 9.05 Å². The lowest BCUT2D eigenvalue weighted by Gasteiger charge is -2.09. The van der Waals surface area contributed by atoms with E-state index < -0.39 is 7.82 Å². The van der Waals surface area contributed by atoms with Crippen molar-refractivity contribution in [2.75, 3.05) is 19.8 Å². The van der Waals surface area contributed by atoms with Crippen molar-refractivity contribution in [3.05, 3.63) is 0 Å². The maximum atomic E-state index is 10.8. The SMILES string of the molecule is NCCOP(=O)(O)OCCC=O. The highest BCUT2D eigenvalue weighted by Gasteiger charge is 2.19. The van der Waals surface area contributed by atoms with Crippen LogP contribution in [0.1, 0.15) is 6.42 Å². The molecule has 0 aliphatic carbocycles. The van der Waals surface area contributed by atoms with Crippen LogP contribution in [0.2, 0.25) is 0 Å². The molecular formula is C5H12NO5P. The molecule has 0 bridgehead atoms. The minimum Gasteiger partial charge on any atom is -0.328 e. The molecule has 0 aliphatic rings. The average Bonchev–Trinajstić information content (AvgIpc) is 2.01. The van der Waals surface area contributed by atoms with E-state index in [-0.39, 0.29) is 26.2 Å². The summed E-state index contributed by atoms with van der Waals surface area (Å²) in [5.74, 6) is 0. The summed E-state index contributed by atoms with van der Waals surface area (Å²) in [6.45, 7) is -0.0295. The molecule has 0 radical (unpaired) electrons. The van der Waals surface area contributed by atoms with E-state index in [9.17, 15) is 9.36 Å². The molecule has 1 atom stereocenters. The zero-order valence-corrected chi connectivity index (χ0v) is 7.40. The average molecular weight is 197 g/mol. The van der Waals surface area contributed by atoms with Crippen molar-refractivity contribution in [1.29, 1.82) is 0 Å². The highest BCUT2D eigenvalue weighted by atomic mass is 31.2. The van der Waals surface area contributed by atoms with Crippen molar-refractivity contribution in [2.45, 2.75) is 6.42 Å². The third-order valence-electron chi connectivity index (χ3n) is 0.862. The molecule has 0 saturated heterocycles. The van der Waals surface area contributed by atoms with E-state index in [1.807, 2.05) is 0 Å². The van der Waals surface area contributed by atoms with Gasteiger partial charge in [-0.2, -0.15) is 0 Å². The van der Waals surface area contributed by atoms with Gasteiger partial charge in [-0.15, -0.1) is 0 Å². The number of carbonyl (C=O) groups is 1. The maximum absolute atomic E-state index is 10.8. The van der Waals surface area contributed by atoms with Crippen LogP contribution >= 0.6 is 7.82 Å². The van der Waals surface area contributed by atoms with E-state index in [1.54, 1.807) is 0 Å². The molecule has 0 heterocycles. The molecule has 12 heavy (non-hydrogen) atoms. The zero-order chi connectivity index (χ0) is 9.45. The van der Waals surface area contributed by atoms with Crippen LogP contribution < -0.4 is 5.73 Å². The third kappa shape index (κ3) is 6.45. The largest absolute Gasteiger partial charge is 0.472 e. The third-order valence-corrected chi connectivity index (χ3v) is 1.88. The summed E-state index contributed by atoms with van der Waals surface area (Å²) in [5.41, 5.74) is 5.02. The molecule has 0 aliphatic heterocycles. The molecule has 0 fully saturated rings. The van der Waals surface area contributed by atoms with Gasteiger partial charge in [-0.25, -0.2) is 4.57 Å². The number of nitrogens with two attached hydrogens (primary N) is 1. The Morgan fingerprint density at radius 2 is 2.00 bits per heavy atom. The summed E-state index contributed by atoms with van der Waals surface area (Å²) in [6, 6.07) is 0. The zero-order valence-electron chi connectivity index (χ0n) is 6.51. The van der Waals surface area contributed by atoms with Crippen LogP contribution in [0.4, 0.5) is 0 Å². The minimum atomic E-state index is -3.98. The van der Waals surface area contributed by atoms with Crippen molar-refractivity contribution in [3.8, 4) is 0 Å². The summed E-state index contributed by atoms with van der Waals surface area (Å²) in [5, 5.41) is 0. The van der Waals surface area contributed by atoms with Crippen LogP contribution in [-0.4, -0.2) is 30.9 Å². The van der Waals surface area contributed by atoms with Crippen molar-refractivity contribution in [1.82, 2.24) is 0 Å². The Labute approximate surface area is 70.3 Å². The van der Waals surface area contributed by atoms with Crippen LogP contribution in [-0.2, 0) is 18.4 Å². The molecule has 0 spiro atoms. The second-order valence-corrected chi connectivity index (χ2v) is 3.33. The van der Waals surface area contributed by atoms with E-state index >= 15 is 0 Å². The Kier molecular flexibility index (Phi) is 6.14. The van der Waals surface area contributed by atoms with E-state index in [0.29, 0.717) is 6.29 Å². The topological polar surface area (TPSA) is 98.8 Å². The first-order valence-corrected chi connectivity index (χ1v) is 4.87. The predicted molar refractivity (Wildman–Crippen MR) is 41.5 cm³/mol. The number of aldehydes is 1. The van der Waals surface area contributed by atoms with Gasteiger partial charge in [-0.3, -0.25) is 9.05 Å². The Balaban J connectivity index is 3.56. The summed E-state index contributed by atoms with van der Waals surface area (Å²) < 4.78 is 19.5. The molecule has 0 aromatic carbocycles. The highest BCUT2D eigenvalue weighted by Crippen LogP contribution is 2.42. The summed E-state index contributed by atoms with van der Waals surface area (Å²) in [4.78, 5) is 18.6. The summed E-state index contributed by atoms with van der Waals surface area (Å²) >= 11 is 0. The molecule has 3 N–H and O–H groups in total. The molecule has 0 saturated carbocycles. The fourth-order valence-corrected chi connectivity index (χ4v) is 1.17. The van der Waals surface area contributed by atoms with E-state index in [4.69, 9.17) is 10.6 Å². The van der Waals surface area contributed by atoms with E-state index in [1.165, 1.54) is 0 Å². The van der Waals surface area contributed by atoms with Gasteiger partial charge in [0.05, 0.1) is 13.2 Å². The fourth-order valence-electron chi connectivity index (χ4n) is 0.422. The molecule has 0 rings (SSSR count). The van der Waals surface area contributed by atoms with Gasteiger partial charge in [0, 0.05) is 13.0 Å². The molecule has 6 nitrogen and oxygen atoms in total. The lowest BCUT2D eigenvalue weighted by Crippen LogP contribution is -2.08. The number of phosphoric ester groups is 1. The first kappa shape index (κ1) is 11.7. The number of hydrogen-bond acceptors (Lipinski definition) is 5. The van der Waals surface area contributed by atoms with Gasteiger partial charge in [-0.1, -0.05) is 0 Å². The number of carbonyl (C=O) groups excluding carboxylic acids is 1. The quantitative estimate of drug-likeness (QED) is 0.329. The Hall–Kier alpha value is -0.260. The fraction of sp³-hybridized carbons (Fsp3) is 0.800. The maximum Gasteiger partial charge on any atom is 0.472 e. The van der Waals surface area contributed by atoms with Gasteiger partial charge in [0.25, 0.3) is 0 Å².